The van der Waals surface area contributed by atoms with Gasteiger partial charge in [0.2, 0.25) is 5.78 Å². The molecule has 120 valence electrons. The van der Waals surface area contributed by atoms with Gasteiger partial charge in [0.15, 0.2) is 5.76 Å². The fraction of sp³-hybridized carbons (Fsp3) is 0.125. The van der Waals surface area contributed by atoms with Gasteiger partial charge in [-0.05, 0) is 23.9 Å². The lowest BCUT2D eigenvalue weighted by molar-refractivity contribution is -0.139. The van der Waals surface area contributed by atoms with Gasteiger partial charge >= 0.3 is 12.1 Å². The first kappa shape index (κ1) is 15.8. The van der Waals surface area contributed by atoms with Crippen molar-refractivity contribution in [2.45, 2.75) is 12.1 Å². The van der Waals surface area contributed by atoms with Crippen LogP contribution in [0.5, 0.6) is 5.75 Å². The van der Waals surface area contributed by atoms with Crippen molar-refractivity contribution in [2.75, 3.05) is 0 Å². The Morgan fingerprint density at radius 2 is 1.88 bits per heavy atom. The maximum Gasteiger partial charge on any atom is 0.416 e. The lowest BCUT2D eigenvalue weighted by Gasteiger charge is -2.29. The van der Waals surface area contributed by atoms with Crippen LogP contribution >= 0.6 is 0 Å². The molecule has 0 saturated heterocycles. The number of hydrogen-bond acceptors (Lipinski definition) is 3. The maximum absolute atomic E-state index is 13.2. The average Bonchev–Trinajstić information content (AvgIpc) is 2.53. The Hall–Kier alpha value is -3.13. The summed E-state index contributed by atoms with van der Waals surface area (Å²) in [6, 6.07) is 3.89. The van der Waals surface area contributed by atoms with E-state index in [1.165, 1.54) is 0 Å². The molecule has 0 amide bonds. The van der Waals surface area contributed by atoms with E-state index < -0.39 is 29.0 Å². The van der Waals surface area contributed by atoms with Gasteiger partial charge in [-0.3, -0.25) is 4.79 Å². The Bertz CT molecular complexity index is 950. The minimum atomic E-state index is -4.70. The summed E-state index contributed by atoms with van der Waals surface area (Å²) >= 11 is 0. The number of nitrogens with zero attached hydrogens (tertiary/aromatic N) is 1. The molecule has 0 heterocycles. The first-order valence-corrected chi connectivity index (χ1v) is 6.34. The van der Waals surface area contributed by atoms with Gasteiger partial charge in [0.25, 0.3) is 0 Å². The van der Waals surface area contributed by atoms with Gasteiger partial charge in [-0.2, -0.15) is 27.2 Å². The van der Waals surface area contributed by atoms with Gasteiger partial charge in [-0.25, -0.2) is 0 Å². The van der Waals surface area contributed by atoms with Gasteiger partial charge in [-0.15, -0.1) is 0 Å². The lowest BCUT2D eigenvalue weighted by atomic mass is 9.79. The van der Waals surface area contributed by atoms with Gasteiger partial charge < -0.3 is 4.74 Å². The van der Waals surface area contributed by atoms with Crippen LogP contribution in [0.25, 0.3) is 0 Å². The number of carbonyl (C=O) groups excluding carboxylic acids is 1. The van der Waals surface area contributed by atoms with Crippen molar-refractivity contribution in [3.05, 3.63) is 63.8 Å². The van der Waals surface area contributed by atoms with Crippen molar-refractivity contribution < 1.29 is 31.5 Å². The number of carbonyl (C=O) groups is 1. The molecule has 0 aromatic heterocycles. The van der Waals surface area contributed by atoms with Crippen LogP contribution in [0.1, 0.15) is 11.1 Å². The van der Waals surface area contributed by atoms with Crippen molar-refractivity contribution >= 4 is 5.78 Å². The first-order valence-electron chi connectivity index (χ1n) is 6.34. The summed E-state index contributed by atoms with van der Waals surface area (Å²) in [6.45, 7) is 0. The summed E-state index contributed by atoms with van der Waals surface area (Å²) in [5.41, 5.74) is 1.90. The molecule has 3 nitrogen and oxygen atoms in total. The molecule has 24 heavy (non-hydrogen) atoms. The molecule has 0 atom stereocenters. The summed E-state index contributed by atoms with van der Waals surface area (Å²) in [7, 11) is 0. The smallest absolute Gasteiger partial charge is 0.416 e. The Morgan fingerprint density at radius 1 is 1.17 bits per heavy atom. The van der Waals surface area contributed by atoms with Gasteiger partial charge in [0.1, 0.15) is 5.75 Å². The number of fused-ring (bicyclic) bond motifs is 1. The Kier molecular flexibility index (Phi) is 3.24. The Balaban J connectivity index is 1.99. The van der Waals surface area contributed by atoms with Crippen molar-refractivity contribution in [3.63, 3.8) is 0 Å². The van der Waals surface area contributed by atoms with Crippen LogP contribution in [0.2, 0.25) is 0 Å². The van der Waals surface area contributed by atoms with E-state index in [0.29, 0.717) is 12.1 Å². The summed E-state index contributed by atoms with van der Waals surface area (Å²) in [6.07, 6.45) is -3.75. The van der Waals surface area contributed by atoms with E-state index in [-0.39, 0.29) is 22.6 Å². The molecule has 0 unspecified atom stereocenters. The van der Waals surface area contributed by atoms with Crippen molar-refractivity contribution in [3.8, 4) is 11.8 Å². The van der Waals surface area contributed by atoms with E-state index in [9.17, 15) is 26.7 Å². The average molecular weight is 337 g/mol. The topological polar surface area (TPSA) is 50.1 Å². The Labute approximate surface area is 131 Å². The minimum Gasteiger partial charge on any atom is -0.448 e. The summed E-state index contributed by atoms with van der Waals surface area (Å²) in [5.74, 6) is -5.66. The van der Waals surface area contributed by atoms with Crippen molar-refractivity contribution in [2.24, 2.45) is 0 Å². The fourth-order valence-corrected chi connectivity index (χ4v) is 2.15. The zero-order chi connectivity index (χ0) is 17.7. The second-order valence-electron chi connectivity index (χ2n) is 4.91. The number of allylic oxidation sites excluding steroid dienone is 3. The van der Waals surface area contributed by atoms with E-state index in [4.69, 9.17) is 10.00 Å². The standard InChI is InChI=1S/C16H4F5NO2/c17-15(18)13-2-1-10(6-12(13)14(15)23)24-11-4-8(7-22)3-9(5-11)16(19,20)21/h3-6H. The molecule has 1 aromatic rings. The summed E-state index contributed by atoms with van der Waals surface area (Å²) in [4.78, 5) is 11.2. The highest BCUT2D eigenvalue weighted by atomic mass is 19.4. The number of halogens is 5. The number of benzene rings is 1. The minimum absolute atomic E-state index is 0.263. The molecule has 0 N–H and O–H groups in total. The molecular weight excluding hydrogens is 333 g/mol. The van der Waals surface area contributed by atoms with E-state index in [1.807, 2.05) is 0 Å². The SMILES string of the molecule is N#Cc1cc(OC2=C=C=C3C(=C2)C(=O)C3(F)F)cc(C(F)(F)F)c1. The molecular formula is C16H4F5NO2. The van der Waals surface area contributed by atoms with E-state index in [0.717, 1.165) is 12.1 Å². The van der Waals surface area contributed by atoms with Gasteiger partial charge in [0, 0.05) is 11.6 Å². The molecule has 1 saturated carbocycles. The summed E-state index contributed by atoms with van der Waals surface area (Å²) in [5, 5.41) is 8.79. The molecule has 2 aliphatic rings. The van der Waals surface area contributed by atoms with Gasteiger partial charge in [0.05, 0.1) is 22.8 Å². The van der Waals surface area contributed by atoms with E-state index in [1.54, 1.807) is 6.07 Å². The molecule has 0 spiro atoms. The highest BCUT2D eigenvalue weighted by Gasteiger charge is 2.58. The maximum atomic E-state index is 13.2. The quantitative estimate of drug-likeness (QED) is 0.611. The number of ketones is 1. The summed E-state index contributed by atoms with van der Waals surface area (Å²) < 4.78 is 69.8. The van der Waals surface area contributed by atoms with Crippen LogP contribution in [0.3, 0.4) is 0 Å². The fourth-order valence-electron chi connectivity index (χ4n) is 2.15. The Morgan fingerprint density at radius 3 is 2.50 bits per heavy atom. The predicted octanol–water partition coefficient (Wildman–Crippen LogP) is 3.68. The van der Waals surface area contributed by atoms with Crippen LogP contribution in [-0.2, 0) is 11.0 Å². The van der Waals surface area contributed by atoms with Crippen molar-refractivity contribution in [1.29, 1.82) is 5.26 Å². The molecule has 2 aliphatic carbocycles. The predicted molar refractivity (Wildman–Crippen MR) is 68.9 cm³/mol. The van der Waals surface area contributed by atoms with Crippen LogP contribution in [0, 0.1) is 11.3 Å². The molecule has 8 heteroatoms. The van der Waals surface area contributed by atoms with E-state index >= 15 is 0 Å². The van der Waals surface area contributed by atoms with E-state index in [2.05, 4.69) is 11.5 Å². The molecule has 0 aliphatic heterocycles. The third kappa shape index (κ3) is 2.42. The molecule has 0 radical (unpaired) electrons. The molecule has 0 bridgehead atoms. The molecule has 1 aromatic carbocycles. The van der Waals surface area contributed by atoms with Crippen LogP contribution in [-0.4, -0.2) is 11.7 Å². The number of Topliss-reactive ketones (excluding diaryl/α,β-unsaturated/α-hetero) is 1. The van der Waals surface area contributed by atoms with Gasteiger partial charge in [-0.1, -0.05) is 5.73 Å². The molecule has 3 rings (SSSR count). The first-order chi connectivity index (χ1) is 11.1. The monoisotopic (exact) mass is 337 g/mol. The lowest BCUT2D eigenvalue weighted by Crippen LogP contribution is -2.45. The molecule has 1 fully saturated rings. The van der Waals surface area contributed by atoms with Crippen LogP contribution in [0.15, 0.2) is 52.6 Å². The number of ether oxygens (including phenoxy) is 1. The largest absolute Gasteiger partial charge is 0.448 e. The third-order valence-corrected chi connectivity index (χ3v) is 3.29. The second kappa shape index (κ2) is 4.93. The zero-order valence-corrected chi connectivity index (χ0v) is 11.5. The van der Waals surface area contributed by atoms with Crippen LogP contribution in [0.4, 0.5) is 22.0 Å². The number of alkyl halides is 5. The number of rotatable bonds is 2. The second-order valence-corrected chi connectivity index (χ2v) is 4.91. The zero-order valence-electron chi connectivity index (χ0n) is 11.5. The van der Waals surface area contributed by atoms with Crippen molar-refractivity contribution in [1.82, 2.24) is 0 Å². The number of nitriles is 1. The third-order valence-electron chi connectivity index (χ3n) is 3.29. The van der Waals surface area contributed by atoms with Crippen LogP contribution < -0.4 is 4.74 Å². The highest BCUT2D eigenvalue weighted by molar-refractivity contribution is 6.16. The normalized spacial score (nSPS) is 17.8. The number of hydrogen-bond donors (Lipinski definition) is 0. The highest BCUT2D eigenvalue weighted by Crippen LogP contribution is 2.44.